The van der Waals surface area contributed by atoms with Crippen LogP contribution in [-0.4, -0.2) is 59.2 Å². The van der Waals surface area contributed by atoms with E-state index in [-0.39, 0.29) is 24.4 Å². The lowest BCUT2D eigenvalue weighted by Crippen LogP contribution is -2.48. The number of anilines is 3. The van der Waals surface area contributed by atoms with Crippen molar-refractivity contribution in [3.05, 3.63) is 90.0 Å². The third-order valence-electron chi connectivity index (χ3n) is 7.56. The van der Waals surface area contributed by atoms with Gasteiger partial charge in [-0.15, -0.1) is 0 Å². The molecular weight excluding hydrogens is 597 g/mol. The van der Waals surface area contributed by atoms with Gasteiger partial charge in [0.15, 0.2) is 0 Å². The van der Waals surface area contributed by atoms with E-state index in [9.17, 15) is 9.18 Å². The molecule has 5 rings (SSSR count). The minimum Gasteiger partial charge on any atom is -0.491 e. The molecule has 4 aromatic rings. The zero-order chi connectivity index (χ0) is 31.8. The van der Waals surface area contributed by atoms with Crippen molar-refractivity contribution < 1.29 is 23.4 Å². The summed E-state index contributed by atoms with van der Waals surface area (Å²) in [4.78, 5) is 23.7. The molecule has 1 aromatic heterocycles. The summed E-state index contributed by atoms with van der Waals surface area (Å²) in [5.74, 6) is 0.793. The second kappa shape index (κ2) is 15.2. The number of hydrogen-bond acceptors (Lipinski definition) is 8. The van der Waals surface area contributed by atoms with Gasteiger partial charge in [-0.25, -0.2) is 14.4 Å². The SMILES string of the molecule is C=CC(=O)Nc1cc2c(Nc3ccc(OCc4cccc(F)c4)c(Cl)c3)ncnc2cc1OCCCN1C[C@H](C)OC[C@@H]1CC. The molecule has 2 heterocycles. The summed E-state index contributed by atoms with van der Waals surface area (Å²) in [5.41, 5.74) is 2.47. The Balaban J connectivity index is 1.30. The Bertz CT molecular complexity index is 1650. The number of aromatic nitrogens is 2. The number of halogens is 2. The highest BCUT2D eigenvalue weighted by atomic mass is 35.5. The number of fused-ring (bicyclic) bond motifs is 1. The van der Waals surface area contributed by atoms with Crippen LogP contribution in [0.5, 0.6) is 11.5 Å². The van der Waals surface area contributed by atoms with Crippen molar-refractivity contribution >= 4 is 45.6 Å². The summed E-state index contributed by atoms with van der Waals surface area (Å²) in [6.45, 7) is 11.0. The second-order valence-electron chi connectivity index (χ2n) is 10.9. The van der Waals surface area contributed by atoms with Crippen molar-refractivity contribution in [3.8, 4) is 11.5 Å². The highest BCUT2D eigenvalue weighted by Crippen LogP contribution is 2.35. The van der Waals surface area contributed by atoms with Gasteiger partial charge in [0.2, 0.25) is 5.91 Å². The van der Waals surface area contributed by atoms with E-state index in [1.165, 1.54) is 24.5 Å². The molecule has 0 unspecified atom stereocenters. The van der Waals surface area contributed by atoms with Crippen molar-refractivity contribution in [3.63, 3.8) is 0 Å². The van der Waals surface area contributed by atoms with Gasteiger partial charge in [-0.05, 0) is 67.8 Å². The molecule has 1 amide bonds. The normalized spacial score (nSPS) is 16.7. The third-order valence-corrected chi connectivity index (χ3v) is 7.85. The highest BCUT2D eigenvalue weighted by molar-refractivity contribution is 6.32. The molecule has 236 valence electrons. The number of nitrogens with zero attached hydrogens (tertiary/aromatic N) is 3. The van der Waals surface area contributed by atoms with E-state index in [4.69, 9.17) is 25.8 Å². The lowest BCUT2D eigenvalue weighted by molar-refractivity contribution is -0.111. The molecule has 0 spiro atoms. The maximum absolute atomic E-state index is 13.5. The van der Waals surface area contributed by atoms with Gasteiger partial charge in [0.05, 0.1) is 35.5 Å². The fourth-order valence-electron chi connectivity index (χ4n) is 5.22. The van der Waals surface area contributed by atoms with E-state index >= 15 is 0 Å². The first-order chi connectivity index (χ1) is 21.8. The van der Waals surface area contributed by atoms with Crippen LogP contribution in [0.3, 0.4) is 0 Å². The highest BCUT2D eigenvalue weighted by Gasteiger charge is 2.25. The zero-order valence-corrected chi connectivity index (χ0v) is 26.1. The number of benzene rings is 3. The Morgan fingerprint density at radius 2 is 2.04 bits per heavy atom. The zero-order valence-electron chi connectivity index (χ0n) is 25.4. The molecule has 0 radical (unpaired) electrons. The van der Waals surface area contributed by atoms with Gasteiger partial charge in [0.1, 0.15) is 36.1 Å². The number of amides is 1. The average molecular weight is 634 g/mol. The smallest absolute Gasteiger partial charge is 0.247 e. The first-order valence-electron chi connectivity index (χ1n) is 15.0. The summed E-state index contributed by atoms with van der Waals surface area (Å²) in [6.07, 6.45) is 4.73. The van der Waals surface area contributed by atoms with Crippen molar-refractivity contribution in [1.29, 1.82) is 0 Å². The molecule has 0 saturated carbocycles. The number of carbonyl (C=O) groups is 1. The summed E-state index contributed by atoms with van der Waals surface area (Å²) < 4.78 is 31.3. The Morgan fingerprint density at radius 1 is 1.18 bits per heavy atom. The quantitative estimate of drug-likeness (QED) is 0.118. The fraction of sp³-hybridized carbons (Fsp3) is 0.324. The molecule has 1 aliphatic rings. The van der Waals surface area contributed by atoms with E-state index < -0.39 is 0 Å². The van der Waals surface area contributed by atoms with Gasteiger partial charge in [0, 0.05) is 36.3 Å². The van der Waals surface area contributed by atoms with Crippen molar-refractivity contribution in [2.75, 3.05) is 36.9 Å². The number of hydrogen-bond donors (Lipinski definition) is 2. The van der Waals surface area contributed by atoms with Gasteiger partial charge in [-0.2, -0.15) is 0 Å². The maximum atomic E-state index is 13.5. The van der Waals surface area contributed by atoms with Crippen LogP contribution in [-0.2, 0) is 16.1 Å². The summed E-state index contributed by atoms with van der Waals surface area (Å²) in [6, 6.07) is 15.4. The number of carbonyl (C=O) groups excluding carboxylic acids is 1. The van der Waals surface area contributed by atoms with E-state index in [1.807, 2.05) is 0 Å². The molecule has 3 aromatic carbocycles. The van der Waals surface area contributed by atoms with Crippen LogP contribution in [0.25, 0.3) is 10.9 Å². The van der Waals surface area contributed by atoms with E-state index in [0.29, 0.717) is 62.8 Å². The number of rotatable bonds is 13. The predicted octanol–water partition coefficient (Wildman–Crippen LogP) is 7.14. The lowest BCUT2D eigenvalue weighted by Gasteiger charge is -2.38. The fourth-order valence-corrected chi connectivity index (χ4v) is 5.45. The average Bonchev–Trinajstić information content (AvgIpc) is 3.03. The Hall–Kier alpha value is -4.25. The van der Waals surface area contributed by atoms with Gasteiger partial charge < -0.3 is 24.8 Å². The Kier molecular flexibility index (Phi) is 10.8. The van der Waals surface area contributed by atoms with E-state index in [0.717, 1.165) is 32.5 Å². The Morgan fingerprint density at radius 3 is 2.82 bits per heavy atom. The molecular formula is C34H37ClFN5O4. The van der Waals surface area contributed by atoms with Crippen LogP contribution in [0.15, 0.2) is 73.6 Å². The minimum absolute atomic E-state index is 0.177. The lowest BCUT2D eigenvalue weighted by atomic mass is 10.1. The van der Waals surface area contributed by atoms with Crippen LogP contribution < -0.4 is 20.1 Å². The molecule has 1 fully saturated rings. The van der Waals surface area contributed by atoms with Crippen LogP contribution in [0.1, 0.15) is 32.3 Å². The van der Waals surface area contributed by atoms with Crippen molar-refractivity contribution in [1.82, 2.24) is 14.9 Å². The van der Waals surface area contributed by atoms with Gasteiger partial charge in [-0.3, -0.25) is 9.69 Å². The minimum atomic E-state index is -0.362. The first-order valence-corrected chi connectivity index (χ1v) is 15.3. The standard InChI is InChI=1S/C34H37ClFN5O4/c1-4-26-20-44-22(3)18-41(26)12-7-13-43-32-17-29-27(16-30(32)40-33(42)5-2)34(38-21-37-29)39-25-10-11-31(28(35)15-25)45-19-23-8-6-9-24(36)14-23/h5-6,8-11,14-17,21-22,26H,2,4,7,12-13,18-20H2,1,3H3,(H,40,42)(H,37,38,39)/t22-,26-/m0/s1. The summed E-state index contributed by atoms with van der Waals surface area (Å²) in [7, 11) is 0. The molecule has 2 N–H and O–H groups in total. The summed E-state index contributed by atoms with van der Waals surface area (Å²) >= 11 is 6.51. The maximum Gasteiger partial charge on any atom is 0.247 e. The van der Waals surface area contributed by atoms with Crippen molar-refractivity contribution in [2.24, 2.45) is 0 Å². The number of morpholine rings is 1. The van der Waals surface area contributed by atoms with Gasteiger partial charge >= 0.3 is 0 Å². The third kappa shape index (κ3) is 8.48. The van der Waals surface area contributed by atoms with Gasteiger partial charge in [-0.1, -0.05) is 37.2 Å². The van der Waals surface area contributed by atoms with Gasteiger partial charge in [0.25, 0.3) is 0 Å². The van der Waals surface area contributed by atoms with Crippen molar-refractivity contribution in [2.45, 2.75) is 45.4 Å². The molecule has 11 heteroatoms. The molecule has 2 atom stereocenters. The first kappa shape index (κ1) is 32.2. The molecule has 0 bridgehead atoms. The van der Waals surface area contributed by atoms with Crippen LogP contribution in [0, 0.1) is 5.82 Å². The monoisotopic (exact) mass is 633 g/mol. The second-order valence-corrected chi connectivity index (χ2v) is 11.3. The molecule has 1 aliphatic heterocycles. The molecule has 0 aliphatic carbocycles. The summed E-state index contributed by atoms with van der Waals surface area (Å²) in [5, 5.41) is 7.17. The molecule has 1 saturated heterocycles. The number of nitrogens with one attached hydrogen (secondary N) is 2. The molecule has 45 heavy (non-hydrogen) atoms. The van der Waals surface area contributed by atoms with E-state index in [1.54, 1.807) is 42.5 Å². The largest absolute Gasteiger partial charge is 0.491 e. The molecule has 9 nitrogen and oxygen atoms in total. The van der Waals surface area contributed by atoms with E-state index in [2.05, 4.69) is 45.9 Å². The predicted molar refractivity (Wildman–Crippen MR) is 175 cm³/mol. The van der Waals surface area contributed by atoms with Crippen LogP contribution in [0.2, 0.25) is 5.02 Å². The number of ether oxygens (including phenoxy) is 3. The topological polar surface area (TPSA) is 97.8 Å². The van der Waals surface area contributed by atoms with Crippen LogP contribution >= 0.6 is 11.6 Å². The Labute approximate surface area is 267 Å². The van der Waals surface area contributed by atoms with Crippen LogP contribution in [0.4, 0.5) is 21.6 Å².